The molecule has 30 heavy (non-hydrogen) atoms. The van der Waals surface area contributed by atoms with E-state index in [0.717, 1.165) is 43.5 Å². The van der Waals surface area contributed by atoms with Gasteiger partial charge >= 0.3 is 0 Å². The fourth-order valence-electron chi connectivity index (χ4n) is 5.08. The lowest BCUT2D eigenvalue weighted by Gasteiger charge is -2.25. The van der Waals surface area contributed by atoms with Crippen molar-refractivity contribution >= 4 is 5.91 Å². The van der Waals surface area contributed by atoms with Gasteiger partial charge < -0.3 is 4.90 Å². The fourth-order valence-corrected chi connectivity index (χ4v) is 5.08. The van der Waals surface area contributed by atoms with Gasteiger partial charge in [0.1, 0.15) is 5.69 Å². The normalized spacial score (nSPS) is 22.4. The van der Waals surface area contributed by atoms with Crippen LogP contribution in [0.2, 0.25) is 0 Å². The molecular weight excluding hydrogens is 374 g/mol. The zero-order valence-electron chi connectivity index (χ0n) is 17.1. The van der Waals surface area contributed by atoms with E-state index in [4.69, 9.17) is 0 Å². The Morgan fingerprint density at radius 1 is 1.03 bits per heavy atom. The molecule has 5 heterocycles. The van der Waals surface area contributed by atoms with Crippen molar-refractivity contribution in [1.82, 2.24) is 24.8 Å². The van der Waals surface area contributed by atoms with Crippen LogP contribution in [0.4, 0.5) is 0 Å². The number of pyridine rings is 2. The second kappa shape index (κ2) is 7.94. The number of rotatable bonds is 5. The largest absolute Gasteiger partial charge is 0.331 e. The molecule has 0 aliphatic carbocycles. The molecule has 1 amide bonds. The highest BCUT2D eigenvalue weighted by molar-refractivity contribution is 5.99. The number of hydrogen-bond acceptors (Lipinski definition) is 5. The van der Waals surface area contributed by atoms with Gasteiger partial charge in [0.25, 0.3) is 5.91 Å². The molecule has 2 saturated heterocycles. The highest BCUT2D eigenvalue weighted by Crippen LogP contribution is 2.44. The van der Waals surface area contributed by atoms with Crippen molar-refractivity contribution in [2.24, 2.45) is 5.92 Å². The summed E-state index contributed by atoms with van der Waals surface area (Å²) in [5.74, 6) is 1.09. The average Bonchev–Trinajstić information content (AvgIpc) is 3.36. The van der Waals surface area contributed by atoms with Crippen LogP contribution < -0.4 is 0 Å². The number of carbonyl (C=O) groups is 1. The predicted octanol–water partition coefficient (Wildman–Crippen LogP) is 3.87. The van der Waals surface area contributed by atoms with Crippen molar-refractivity contribution in [3.63, 3.8) is 0 Å². The first-order valence-electron chi connectivity index (χ1n) is 10.7. The number of aromatic nitrogens is 4. The van der Waals surface area contributed by atoms with Gasteiger partial charge in [-0.1, -0.05) is 6.07 Å². The van der Waals surface area contributed by atoms with Crippen LogP contribution in [0.15, 0.2) is 55.0 Å². The molecule has 2 bridgehead atoms. The molecule has 3 aromatic heterocycles. The summed E-state index contributed by atoms with van der Waals surface area (Å²) in [5.41, 5.74) is 3.14. The van der Waals surface area contributed by atoms with E-state index in [1.165, 1.54) is 0 Å². The first kappa shape index (κ1) is 18.9. The summed E-state index contributed by atoms with van der Waals surface area (Å²) in [5, 5.41) is 0. The number of carbonyl (C=O) groups excluding carboxylic acids is 1. The third kappa shape index (κ3) is 3.47. The van der Waals surface area contributed by atoms with Crippen LogP contribution in [0.1, 0.15) is 47.6 Å². The van der Waals surface area contributed by atoms with Gasteiger partial charge in [-0.25, -0.2) is 15.0 Å². The van der Waals surface area contributed by atoms with Crippen LogP contribution in [-0.4, -0.2) is 42.8 Å². The summed E-state index contributed by atoms with van der Waals surface area (Å²) < 4.78 is 0. The molecular formula is C24H25N5O. The van der Waals surface area contributed by atoms with Gasteiger partial charge in [0.15, 0.2) is 5.82 Å². The minimum Gasteiger partial charge on any atom is -0.331 e. The van der Waals surface area contributed by atoms with E-state index in [9.17, 15) is 4.79 Å². The Balaban J connectivity index is 1.39. The van der Waals surface area contributed by atoms with E-state index in [1.807, 2.05) is 37.4 Å². The maximum absolute atomic E-state index is 13.7. The van der Waals surface area contributed by atoms with Crippen LogP contribution in [0.3, 0.4) is 0 Å². The minimum atomic E-state index is 0.0222. The smallest absolute Gasteiger partial charge is 0.273 e. The van der Waals surface area contributed by atoms with E-state index in [1.54, 1.807) is 18.5 Å². The Hall–Kier alpha value is -3.15. The first-order chi connectivity index (χ1) is 14.7. The Morgan fingerprint density at radius 3 is 2.67 bits per heavy atom. The lowest BCUT2D eigenvalue weighted by Crippen LogP contribution is -2.37. The summed E-state index contributed by atoms with van der Waals surface area (Å²) in [6.45, 7) is 1.92. The Labute approximate surface area is 176 Å². The molecule has 0 N–H and O–H groups in total. The Kier molecular flexibility index (Phi) is 4.99. The van der Waals surface area contributed by atoms with Gasteiger partial charge in [-0.15, -0.1) is 0 Å². The maximum atomic E-state index is 13.7. The molecule has 152 valence electrons. The van der Waals surface area contributed by atoms with Crippen molar-refractivity contribution in [1.29, 1.82) is 0 Å². The summed E-state index contributed by atoms with van der Waals surface area (Å²) in [4.78, 5) is 33.6. The molecule has 3 atom stereocenters. The van der Waals surface area contributed by atoms with E-state index < -0.39 is 0 Å². The third-order valence-corrected chi connectivity index (χ3v) is 6.44. The van der Waals surface area contributed by atoms with E-state index in [0.29, 0.717) is 29.0 Å². The zero-order valence-corrected chi connectivity index (χ0v) is 17.1. The fraction of sp³-hybridized carbons (Fsp3) is 0.375. The number of fused-ring (bicyclic) bond motifs is 2. The second-order valence-corrected chi connectivity index (χ2v) is 8.29. The van der Waals surface area contributed by atoms with Crippen LogP contribution in [0.25, 0.3) is 11.4 Å². The topological polar surface area (TPSA) is 71.9 Å². The van der Waals surface area contributed by atoms with Crippen molar-refractivity contribution < 1.29 is 4.79 Å². The molecule has 0 saturated carbocycles. The van der Waals surface area contributed by atoms with Crippen LogP contribution in [0, 0.1) is 12.8 Å². The third-order valence-electron chi connectivity index (χ3n) is 6.44. The number of amides is 1. The molecule has 0 radical (unpaired) electrons. The second-order valence-electron chi connectivity index (χ2n) is 8.29. The van der Waals surface area contributed by atoms with Crippen LogP contribution in [-0.2, 0) is 6.42 Å². The van der Waals surface area contributed by atoms with Crippen molar-refractivity contribution in [3.8, 4) is 11.4 Å². The summed E-state index contributed by atoms with van der Waals surface area (Å²) in [7, 11) is 0. The number of hydrogen-bond donors (Lipinski definition) is 0. The standard InChI is InChI=1S/C24H25N5O/c1-16-6-10-20(23-26-13-4-14-27-23)22(28-16)24(30)29-19-9-11-21(29)17(15-19)7-8-18-5-2-3-12-25-18/h2-6,10,12-14,17,19,21H,7-9,11,15H2,1H3. The summed E-state index contributed by atoms with van der Waals surface area (Å²) in [6.07, 6.45) is 10.5. The molecule has 0 spiro atoms. The number of aryl methyl sites for hydroxylation is 2. The molecule has 0 aromatic carbocycles. The van der Waals surface area contributed by atoms with Crippen LogP contribution in [0.5, 0.6) is 0 Å². The molecule has 2 aliphatic heterocycles. The molecule has 5 rings (SSSR count). The Morgan fingerprint density at radius 2 is 1.87 bits per heavy atom. The molecule has 3 aromatic rings. The first-order valence-corrected chi connectivity index (χ1v) is 10.7. The summed E-state index contributed by atoms with van der Waals surface area (Å²) in [6, 6.07) is 12.3. The molecule has 2 fully saturated rings. The Bertz CT molecular complexity index is 1040. The van der Waals surface area contributed by atoms with Gasteiger partial charge in [-0.3, -0.25) is 9.78 Å². The van der Waals surface area contributed by atoms with Crippen LogP contribution >= 0.6 is 0 Å². The molecule has 3 unspecified atom stereocenters. The number of nitrogens with zero attached hydrogens (tertiary/aromatic N) is 5. The quantitative estimate of drug-likeness (QED) is 0.651. The van der Waals surface area contributed by atoms with E-state index in [-0.39, 0.29) is 11.9 Å². The average molecular weight is 399 g/mol. The molecule has 6 nitrogen and oxygen atoms in total. The molecule has 2 aliphatic rings. The minimum absolute atomic E-state index is 0.0222. The van der Waals surface area contributed by atoms with Gasteiger partial charge in [-0.2, -0.15) is 0 Å². The zero-order chi connectivity index (χ0) is 20.5. The predicted molar refractivity (Wildman–Crippen MR) is 114 cm³/mol. The van der Waals surface area contributed by atoms with Gasteiger partial charge in [-0.05, 0) is 75.3 Å². The monoisotopic (exact) mass is 399 g/mol. The van der Waals surface area contributed by atoms with Crippen molar-refractivity contribution in [2.45, 2.75) is 51.1 Å². The SMILES string of the molecule is Cc1ccc(-c2ncccn2)c(C(=O)N2C3CCC2C(CCc2ccccn2)C3)n1. The van der Waals surface area contributed by atoms with Gasteiger partial charge in [0.2, 0.25) is 0 Å². The maximum Gasteiger partial charge on any atom is 0.273 e. The van der Waals surface area contributed by atoms with Crippen molar-refractivity contribution in [3.05, 3.63) is 72.1 Å². The van der Waals surface area contributed by atoms with E-state index in [2.05, 4.69) is 30.9 Å². The highest BCUT2D eigenvalue weighted by atomic mass is 16.2. The lowest BCUT2D eigenvalue weighted by atomic mass is 9.85. The highest BCUT2D eigenvalue weighted by Gasteiger charge is 2.48. The van der Waals surface area contributed by atoms with Crippen molar-refractivity contribution in [2.75, 3.05) is 0 Å². The summed E-state index contributed by atoms with van der Waals surface area (Å²) >= 11 is 0. The van der Waals surface area contributed by atoms with Gasteiger partial charge in [0, 0.05) is 42.1 Å². The molecule has 6 heteroatoms. The lowest BCUT2D eigenvalue weighted by molar-refractivity contribution is 0.0712. The van der Waals surface area contributed by atoms with E-state index >= 15 is 0 Å². The van der Waals surface area contributed by atoms with Gasteiger partial charge in [0.05, 0.1) is 5.56 Å².